The molecule has 0 aliphatic rings. The molecule has 0 aliphatic heterocycles. The summed E-state index contributed by atoms with van der Waals surface area (Å²) in [7, 11) is -2.43. The van der Waals surface area contributed by atoms with Crippen LogP contribution < -0.4 is 10.4 Å². The summed E-state index contributed by atoms with van der Waals surface area (Å²) in [5.41, 5.74) is 2.56. The van der Waals surface area contributed by atoms with Crippen molar-refractivity contribution in [3.63, 3.8) is 0 Å². The zero-order valence-corrected chi connectivity index (χ0v) is 19.6. The van der Waals surface area contributed by atoms with Crippen LogP contribution in [0.3, 0.4) is 0 Å². The lowest BCUT2D eigenvalue weighted by molar-refractivity contribution is 0.338. The lowest BCUT2D eigenvalue weighted by Crippen LogP contribution is -2.66. The molecule has 138 valence electrons. The summed E-state index contributed by atoms with van der Waals surface area (Å²) < 4.78 is 8.98. The second-order valence-electron chi connectivity index (χ2n) is 7.65. The molecule has 0 radical (unpaired) electrons. The molecule has 0 N–H and O–H groups in total. The predicted octanol–water partition coefficient (Wildman–Crippen LogP) is 5.85. The van der Waals surface area contributed by atoms with Crippen LogP contribution in [0.25, 0.3) is 0 Å². The third kappa shape index (κ3) is 4.56. The number of halogens is 1. The van der Waals surface area contributed by atoms with Gasteiger partial charge in [-0.3, -0.25) is 0 Å². The molecule has 0 aliphatic carbocycles. The monoisotopic (exact) mass is 476 g/mol. The van der Waals surface area contributed by atoms with E-state index in [2.05, 4.69) is 128 Å². The maximum absolute atomic E-state index is 6.86. The Balaban J connectivity index is 2.54. The number of hydrogen-bond donors (Lipinski definition) is 0. The Hall–Kier alpha value is -1.17. The third-order valence-electron chi connectivity index (χ3n) is 4.89. The summed E-state index contributed by atoms with van der Waals surface area (Å²) in [6.45, 7) is 11.9. The van der Waals surface area contributed by atoms with E-state index in [0.717, 1.165) is 0 Å². The molecule has 2 aromatic rings. The quantitative estimate of drug-likeness (QED) is 0.289. The highest BCUT2D eigenvalue weighted by atomic mass is 127. The van der Waals surface area contributed by atoms with Gasteiger partial charge in [0.05, 0.1) is 6.61 Å². The first-order chi connectivity index (χ1) is 12.3. The maximum atomic E-state index is 6.86. The van der Waals surface area contributed by atoms with Gasteiger partial charge in [0.15, 0.2) is 0 Å². The molecular weight excluding hydrogens is 447 g/mol. The molecule has 0 fully saturated rings. The highest BCUT2D eigenvalue weighted by Crippen LogP contribution is 2.36. The Labute approximate surface area is 173 Å². The highest BCUT2D eigenvalue weighted by Gasteiger charge is 2.49. The number of allylic oxidation sites excluding steroid dienone is 2. The fourth-order valence-electron chi connectivity index (χ4n) is 3.30. The minimum Gasteiger partial charge on any atom is -0.404 e. The van der Waals surface area contributed by atoms with E-state index < -0.39 is 8.32 Å². The summed E-state index contributed by atoms with van der Waals surface area (Å²) >= 11 is 2.29. The average molecular weight is 476 g/mol. The minimum absolute atomic E-state index is 0.0194. The van der Waals surface area contributed by atoms with E-state index in [1.165, 1.54) is 21.5 Å². The number of benzene rings is 2. The van der Waals surface area contributed by atoms with E-state index >= 15 is 0 Å². The van der Waals surface area contributed by atoms with Gasteiger partial charge in [0.2, 0.25) is 0 Å². The first-order valence-corrected chi connectivity index (χ1v) is 12.2. The molecule has 2 rings (SSSR count). The lowest BCUT2D eigenvalue weighted by atomic mass is 10.1. The topological polar surface area (TPSA) is 9.23 Å². The van der Waals surface area contributed by atoms with Crippen LogP contribution in [0.15, 0.2) is 82.0 Å². The summed E-state index contributed by atoms with van der Waals surface area (Å²) in [5.74, 6) is 0. The van der Waals surface area contributed by atoms with Gasteiger partial charge in [0, 0.05) is 0 Å². The largest absolute Gasteiger partial charge is 0.404 e. The predicted molar refractivity (Wildman–Crippen MR) is 125 cm³/mol. The molecule has 3 heteroatoms. The minimum atomic E-state index is -2.43. The first kappa shape index (κ1) is 21.1. The van der Waals surface area contributed by atoms with E-state index in [4.69, 9.17) is 4.43 Å². The zero-order valence-electron chi connectivity index (χ0n) is 16.4. The molecule has 0 unspecified atom stereocenters. The zero-order chi connectivity index (χ0) is 19.2. The van der Waals surface area contributed by atoms with Gasteiger partial charge in [0.25, 0.3) is 8.32 Å². The Bertz CT molecular complexity index is 718. The maximum Gasteiger partial charge on any atom is 0.261 e. The Kier molecular flexibility index (Phi) is 7.44. The van der Waals surface area contributed by atoms with Crippen LogP contribution in [-0.4, -0.2) is 14.9 Å². The standard InChI is InChI=1S/C23H29IOSi/c1-19(20(2)18-24)16-17-25-26(23(3,4)5,21-12-8-6-9-13-21)22-14-10-7-11-15-22/h6-16,18H,17H2,1-5H3/b19-16+,20-18+. The molecule has 26 heavy (non-hydrogen) atoms. The van der Waals surface area contributed by atoms with Crippen molar-refractivity contribution in [1.82, 2.24) is 0 Å². The van der Waals surface area contributed by atoms with Crippen LogP contribution in [0.1, 0.15) is 34.6 Å². The lowest BCUT2D eigenvalue weighted by Gasteiger charge is -2.42. The van der Waals surface area contributed by atoms with Crippen molar-refractivity contribution in [2.75, 3.05) is 6.61 Å². The van der Waals surface area contributed by atoms with E-state index in [-0.39, 0.29) is 5.04 Å². The van der Waals surface area contributed by atoms with Gasteiger partial charge in [-0.25, -0.2) is 0 Å². The fraction of sp³-hybridized carbons (Fsp3) is 0.304. The fourth-order valence-corrected chi connectivity index (χ4v) is 8.28. The van der Waals surface area contributed by atoms with Crippen LogP contribution in [0.2, 0.25) is 5.04 Å². The van der Waals surface area contributed by atoms with Crippen LogP contribution >= 0.6 is 22.6 Å². The highest BCUT2D eigenvalue weighted by molar-refractivity contribution is 14.1. The van der Waals surface area contributed by atoms with Crippen molar-refractivity contribution in [3.8, 4) is 0 Å². The molecule has 0 spiro atoms. The van der Waals surface area contributed by atoms with Gasteiger partial charge in [-0.1, -0.05) is 110 Å². The van der Waals surface area contributed by atoms with Gasteiger partial charge >= 0.3 is 0 Å². The average Bonchev–Trinajstić information content (AvgIpc) is 2.64. The number of hydrogen-bond acceptors (Lipinski definition) is 1. The van der Waals surface area contributed by atoms with Crippen molar-refractivity contribution in [2.24, 2.45) is 0 Å². The normalized spacial score (nSPS) is 13.8. The smallest absolute Gasteiger partial charge is 0.261 e. The third-order valence-corrected chi connectivity index (χ3v) is 10.8. The van der Waals surface area contributed by atoms with Crippen LogP contribution in [0, 0.1) is 0 Å². The van der Waals surface area contributed by atoms with Gasteiger partial charge in [-0.05, 0) is 44.5 Å². The van der Waals surface area contributed by atoms with Gasteiger partial charge < -0.3 is 4.43 Å². The molecule has 1 nitrogen and oxygen atoms in total. The molecule has 0 bridgehead atoms. The SMILES string of the molecule is CC(=C\I)/C(C)=C/CO[Si](c1ccccc1)(c1ccccc1)C(C)(C)C. The van der Waals surface area contributed by atoms with Crippen molar-refractivity contribution in [1.29, 1.82) is 0 Å². The van der Waals surface area contributed by atoms with Crippen LogP contribution in [0.5, 0.6) is 0 Å². The molecule has 0 saturated heterocycles. The molecule has 0 saturated carbocycles. The Morgan fingerprint density at radius 1 is 0.885 bits per heavy atom. The van der Waals surface area contributed by atoms with Crippen molar-refractivity contribution >= 4 is 41.3 Å². The second-order valence-corrected chi connectivity index (χ2v) is 12.6. The van der Waals surface area contributed by atoms with E-state index in [1.54, 1.807) is 0 Å². The van der Waals surface area contributed by atoms with Crippen molar-refractivity contribution < 1.29 is 4.43 Å². The van der Waals surface area contributed by atoms with Gasteiger partial charge in [0.1, 0.15) is 0 Å². The molecular formula is C23H29IOSi. The summed E-state index contributed by atoms with van der Waals surface area (Å²) in [5, 5.41) is 2.67. The van der Waals surface area contributed by atoms with Crippen LogP contribution in [-0.2, 0) is 4.43 Å². The molecule has 0 aromatic heterocycles. The molecule has 0 heterocycles. The summed E-state index contributed by atoms with van der Waals surface area (Å²) in [6, 6.07) is 21.6. The van der Waals surface area contributed by atoms with Crippen molar-refractivity contribution in [3.05, 3.63) is 82.0 Å². The van der Waals surface area contributed by atoms with E-state index in [0.29, 0.717) is 6.61 Å². The van der Waals surface area contributed by atoms with Gasteiger partial charge in [-0.15, -0.1) is 0 Å². The first-order valence-electron chi connectivity index (χ1n) is 9.02. The van der Waals surface area contributed by atoms with Crippen LogP contribution in [0.4, 0.5) is 0 Å². The van der Waals surface area contributed by atoms with Gasteiger partial charge in [-0.2, -0.15) is 0 Å². The second kappa shape index (κ2) is 9.15. The molecule has 0 atom stereocenters. The Morgan fingerprint density at radius 2 is 1.35 bits per heavy atom. The van der Waals surface area contributed by atoms with Crippen molar-refractivity contribution in [2.45, 2.75) is 39.7 Å². The molecule has 0 amide bonds. The van der Waals surface area contributed by atoms with E-state index in [9.17, 15) is 0 Å². The number of rotatable bonds is 6. The summed E-state index contributed by atoms with van der Waals surface area (Å²) in [4.78, 5) is 0. The molecule has 2 aromatic carbocycles. The summed E-state index contributed by atoms with van der Waals surface area (Å²) in [6.07, 6.45) is 2.21. The Morgan fingerprint density at radius 3 is 1.73 bits per heavy atom. The van der Waals surface area contributed by atoms with E-state index in [1.807, 2.05) is 0 Å².